The zero-order valence-corrected chi connectivity index (χ0v) is 18.3. The maximum atomic E-state index is 12.8. The van der Waals surface area contributed by atoms with Gasteiger partial charge in [-0.05, 0) is 25.8 Å². The third-order valence-corrected chi connectivity index (χ3v) is 7.91. The van der Waals surface area contributed by atoms with E-state index in [0.29, 0.717) is 6.42 Å². The molecule has 0 aromatic carbocycles. The van der Waals surface area contributed by atoms with Gasteiger partial charge < -0.3 is 29.5 Å². The molecule has 3 N–H and O–H groups in total. The molecule has 4 bridgehead atoms. The summed E-state index contributed by atoms with van der Waals surface area (Å²) in [6.07, 6.45) is 2.09. The minimum atomic E-state index is -0.853. The lowest BCUT2D eigenvalue weighted by molar-refractivity contribution is -0.172. The van der Waals surface area contributed by atoms with Gasteiger partial charge in [0, 0.05) is 36.7 Å². The highest BCUT2D eigenvalue weighted by molar-refractivity contribution is 5.75. The quantitative estimate of drug-likeness (QED) is 0.454. The van der Waals surface area contributed by atoms with E-state index in [1.807, 2.05) is 39.0 Å². The van der Waals surface area contributed by atoms with Crippen LogP contribution in [0.25, 0.3) is 0 Å². The van der Waals surface area contributed by atoms with Gasteiger partial charge in [-0.15, -0.1) is 0 Å². The average molecular weight is 423 g/mol. The molecule has 30 heavy (non-hydrogen) atoms. The number of carbonyl (C=O) groups is 1. The summed E-state index contributed by atoms with van der Waals surface area (Å²) in [5, 5.41) is 32.3. The first kappa shape index (κ1) is 22.0. The zero-order chi connectivity index (χ0) is 22.0. The molecule has 12 atom stereocenters. The van der Waals surface area contributed by atoms with Crippen LogP contribution in [-0.2, 0) is 19.0 Å². The monoisotopic (exact) mass is 422 g/mol. The van der Waals surface area contributed by atoms with E-state index in [1.54, 1.807) is 6.92 Å². The van der Waals surface area contributed by atoms with Crippen LogP contribution >= 0.6 is 0 Å². The van der Waals surface area contributed by atoms with Gasteiger partial charge in [0.05, 0.1) is 24.4 Å². The number of aliphatic hydroxyl groups is 3. The van der Waals surface area contributed by atoms with Crippen LogP contribution in [0.4, 0.5) is 0 Å². The minimum absolute atomic E-state index is 0.0930. The fourth-order valence-corrected chi connectivity index (χ4v) is 6.34. The van der Waals surface area contributed by atoms with Crippen LogP contribution < -0.4 is 0 Å². The topological polar surface area (TPSA) is 105 Å². The molecule has 2 heterocycles. The molecule has 2 aliphatic heterocycles. The Balaban J connectivity index is 1.86. The molecule has 2 aliphatic carbocycles. The lowest BCUT2D eigenvalue weighted by Gasteiger charge is -2.48. The third kappa shape index (κ3) is 3.01. The summed E-state index contributed by atoms with van der Waals surface area (Å²) in [5.41, 5.74) is 0.0851. The fourth-order valence-electron chi connectivity index (χ4n) is 6.34. The van der Waals surface area contributed by atoms with Crippen LogP contribution in [0.1, 0.15) is 34.1 Å². The maximum Gasteiger partial charge on any atom is 0.335 e. The molecule has 0 unspecified atom stereocenters. The van der Waals surface area contributed by atoms with Crippen molar-refractivity contribution in [3.8, 4) is 0 Å². The number of hydrogen-bond acceptors (Lipinski definition) is 7. The van der Waals surface area contributed by atoms with E-state index >= 15 is 0 Å². The van der Waals surface area contributed by atoms with Crippen LogP contribution in [0.15, 0.2) is 23.8 Å². The molecule has 7 nitrogen and oxygen atoms in total. The van der Waals surface area contributed by atoms with Crippen LogP contribution in [0.5, 0.6) is 0 Å². The first-order chi connectivity index (χ1) is 14.1. The number of hydrogen-bond donors (Lipinski definition) is 3. The molecule has 0 aromatic rings. The minimum Gasteiger partial charge on any atom is -0.457 e. The van der Waals surface area contributed by atoms with E-state index in [1.165, 1.54) is 7.11 Å². The summed E-state index contributed by atoms with van der Waals surface area (Å²) in [6, 6.07) is 0. The lowest BCUT2D eigenvalue weighted by Crippen LogP contribution is -2.56. The van der Waals surface area contributed by atoms with Crippen molar-refractivity contribution in [2.75, 3.05) is 7.11 Å². The van der Waals surface area contributed by atoms with Gasteiger partial charge in [0.1, 0.15) is 11.7 Å². The number of ether oxygens (including phenoxy) is 3. The van der Waals surface area contributed by atoms with Gasteiger partial charge in [0.15, 0.2) is 6.10 Å². The van der Waals surface area contributed by atoms with E-state index in [2.05, 4.69) is 0 Å². The Bertz CT molecular complexity index is 746. The second-order valence-corrected chi connectivity index (χ2v) is 9.62. The summed E-state index contributed by atoms with van der Waals surface area (Å²) in [5.74, 6) is -1.63. The Morgan fingerprint density at radius 2 is 1.93 bits per heavy atom. The average Bonchev–Trinajstić information content (AvgIpc) is 2.91. The normalized spacial score (nSPS) is 51.6. The molecule has 4 aliphatic rings. The number of carbonyl (C=O) groups excluding carboxylic acids is 1. The predicted octanol–water partition coefficient (Wildman–Crippen LogP) is 1.21. The summed E-state index contributed by atoms with van der Waals surface area (Å²) in [6.45, 7) is 7.34. The Hall–Kier alpha value is -1.25. The number of aliphatic hydroxyl groups excluding tert-OH is 3. The van der Waals surface area contributed by atoms with Crippen molar-refractivity contribution >= 4 is 5.97 Å². The summed E-state index contributed by atoms with van der Waals surface area (Å²) >= 11 is 0. The Morgan fingerprint density at radius 1 is 1.23 bits per heavy atom. The van der Waals surface area contributed by atoms with Crippen molar-refractivity contribution < 1.29 is 34.3 Å². The van der Waals surface area contributed by atoms with E-state index in [4.69, 9.17) is 14.2 Å². The second kappa shape index (κ2) is 7.71. The van der Waals surface area contributed by atoms with Crippen molar-refractivity contribution in [2.24, 2.45) is 29.6 Å². The highest BCUT2D eigenvalue weighted by Gasteiger charge is 2.68. The number of methoxy groups -OCH3 is 1. The van der Waals surface area contributed by atoms with Crippen molar-refractivity contribution in [1.82, 2.24) is 0 Å². The molecule has 0 amide bonds. The van der Waals surface area contributed by atoms with Crippen molar-refractivity contribution in [1.29, 1.82) is 0 Å². The number of cyclic esters (lactones) is 1. The third-order valence-electron chi connectivity index (χ3n) is 7.91. The molecule has 1 spiro atoms. The molecule has 2 fully saturated rings. The molecular weight excluding hydrogens is 388 g/mol. The van der Waals surface area contributed by atoms with Gasteiger partial charge in [0.2, 0.25) is 0 Å². The Kier molecular flexibility index (Phi) is 5.64. The first-order valence-electron chi connectivity index (χ1n) is 11.0. The Morgan fingerprint density at radius 3 is 2.57 bits per heavy atom. The van der Waals surface area contributed by atoms with Crippen LogP contribution in [-0.4, -0.2) is 70.6 Å². The molecule has 0 aromatic heterocycles. The Labute approximate surface area is 177 Å². The number of rotatable bonds is 2. The fraction of sp³-hybridized carbons (Fsp3) is 0.783. The van der Waals surface area contributed by atoms with Gasteiger partial charge >= 0.3 is 5.97 Å². The standard InChI is InChI=1S/C23H34O7/c1-10-8-11(2)23-14(9-16(28-5)22(27)29-20(10)13(4)24)6-7-15-17(23)18(25)12(3)19(26)21(15)30-23/h6-8,10,12-21,24-26H,9H2,1-5H3/t10-,12-,13-,14-,15-,16+,17+,18-,19-,20+,21-,23-/m1/s1. The number of esters is 1. The van der Waals surface area contributed by atoms with Crippen LogP contribution in [0.2, 0.25) is 0 Å². The predicted molar refractivity (Wildman–Crippen MR) is 108 cm³/mol. The van der Waals surface area contributed by atoms with E-state index in [9.17, 15) is 20.1 Å². The summed E-state index contributed by atoms with van der Waals surface area (Å²) < 4.78 is 17.8. The lowest BCUT2D eigenvalue weighted by atomic mass is 9.57. The van der Waals surface area contributed by atoms with Crippen LogP contribution in [0.3, 0.4) is 0 Å². The molecule has 1 saturated carbocycles. The molecule has 0 radical (unpaired) electrons. The largest absolute Gasteiger partial charge is 0.457 e. The van der Waals surface area contributed by atoms with Crippen molar-refractivity contribution in [3.63, 3.8) is 0 Å². The molecule has 7 heteroatoms. The summed E-state index contributed by atoms with van der Waals surface area (Å²) in [4.78, 5) is 12.8. The maximum absolute atomic E-state index is 12.8. The molecular formula is C23H34O7. The SMILES string of the molecule is CO[C@H]1C[C@H]2C=C[C@H]3[C@H]4O[C@@]2(C(C)=C[C@@H](C)[C@@H]([C@@H](C)O)OC1=O)[C@@H]3[C@H](O)[C@@H](C)[C@H]4O. The van der Waals surface area contributed by atoms with Gasteiger partial charge in [-0.2, -0.15) is 0 Å². The molecule has 1 saturated heterocycles. The van der Waals surface area contributed by atoms with Crippen molar-refractivity contribution in [2.45, 2.75) is 76.3 Å². The van der Waals surface area contributed by atoms with Gasteiger partial charge in [-0.1, -0.05) is 32.1 Å². The highest BCUT2D eigenvalue weighted by atomic mass is 16.6. The van der Waals surface area contributed by atoms with Crippen molar-refractivity contribution in [3.05, 3.63) is 23.8 Å². The van der Waals surface area contributed by atoms with Gasteiger partial charge in [-0.25, -0.2) is 4.79 Å². The van der Waals surface area contributed by atoms with E-state index < -0.39 is 48.2 Å². The van der Waals surface area contributed by atoms with Gasteiger partial charge in [-0.3, -0.25) is 0 Å². The van der Waals surface area contributed by atoms with E-state index in [0.717, 1.165) is 5.57 Å². The first-order valence-corrected chi connectivity index (χ1v) is 11.0. The zero-order valence-electron chi connectivity index (χ0n) is 18.3. The van der Waals surface area contributed by atoms with Crippen LogP contribution in [0, 0.1) is 29.6 Å². The smallest absolute Gasteiger partial charge is 0.335 e. The molecule has 4 rings (SSSR count). The second-order valence-electron chi connectivity index (χ2n) is 9.62. The molecule has 168 valence electrons. The summed E-state index contributed by atoms with van der Waals surface area (Å²) in [7, 11) is 1.47. The highest BCUT2D eigenvalue weighted by Crippen LogP contribution is 2.60. The van der Waals surface area contributed by atoms with E-state index in [-0.39, 0.29) is 29.6 Å². The van der Waals surface area contributed by atoms with Gasteiger partial charge in [0.25, 0.3) is 0 Å².